The summed E-state index contributed by atoms with van der Waals surface area (Å²) in [6.07, 6.45) is 7.73. The van der Waals surface area contributed by atoms with Crippen LogP contribution in [0.2, 0.25) is 0 Å². The number of methoxy groups -OCH3 is 1. The van der Waals surface area contributed by atoms with E-state index in [0.717, 1.165) is 37.7 Å². The molecule has 0 aromatic heterocycles. The van der Waals surface area contributed by atoms with Crippen molar-refractivity contribution in [1.29, 1.82) is 0 Å². The molecule has 2 heterocycles. The van der Waals surface area contributed by atoms with Crippen LogP contribution >= 0.6 is 0 Å². The molecule has 0 spiro atoms. The van der Waals surface area contributed by atoms with E-state index in [1.807, 2.05) is 0 Å². The molecule has 5 rings (SSSR count). The fraction of sp³-hybridized carbons (Fsp3) is 0.615. The smallest absolute Gasteiger partial charge is 0.328 e. The number of carbonyl (C=O) groups is 2. The molecule has 34 heavy (non-hydrogen) atoms. The Hall–Kier alpha value is -2.42. The minimum absolute atomic E-state index is 0.0293. The maximum atomic E-state index is 9.55. The number of fused-ring (bicyclic) bond motifs is 1. The zero-order chi connectivity index (χ0) is 24.5. The summed E-state index contributed by atoms with van der Waals surface area (Å²) in [4.78, 5) is 21.8. The van der Waals surface area contributed by atoms with Crippen LogP contribution in [0.5, 0.6) is 5.75 Å². The van der Waals surface area contributed by atoms with Gasteiger partial charge in [-0.3, -0.25) is 4.90 Å². The highest BCUT2D eigenvalue weighted by Gasteiger charge is 2.58. The normalized spacial score (nSPS) is 29.7. The number of ether oxygens (including phenoxy) is 3. The number of nitrogens with zero attached hydrogens (tertiary/aromatic N) is 1. The maximum absolute atomic E-state index is 9.55. The molecular weight excluding hydrogens is 438 g/mol. The summed E-state index contributed by atoms with van der Waals surface area (Å²) in [6.45, 7) is 7.27. The quantitative estimate of drug-likeness (QED) is 0.628. The molecule has 2 saturated heterocycles. The lowest BCUT2D eigenvalue weighted by Crippen LogP contribution is -2.70. The zero-order valence-electron chi connectivity index (χ0n) is 20.2. The SMILES string of the molecule is COc1ccc2c(c1)[C@]13CCN(CC4CCC4)[C@H](C2)[C@@H]1OC(C)(C)OC3.O=C(O)/C=C/C(=O)O. The third-order valence-electron chi connectivity index (χ3n) is 7.66. The average Bonchev–Trinajstić information content (AvgIpc) is 2.75. The van der Waals surface area contributed by atoms with Crippen molar-refractivity contribution in [3.05, 3.63) is 41.5 Å². The number of hydrogen-bond acceptors (Lipinski definition) is 6. The number of aliphatic carboxylic acids is 2. The van der Waals surface area contributed by atoms with Crippen LogP contribution in [0.4, 0.5) is 0 Å². The van der Waals surface area contributed by atoms with Crippen molar-refractivity contribution in [3.8, 4) is 5.75 Å². The van der Waals surface area contributed by atoms with Gasteiger partial charge in [-0.1, -0.05) is 12.5 Å². The zero-order valence-corrected chi connectivity index (χ0v) is 20.2. The molecule has 8 heteroatoms. The summed E-state index contributed by atoms with van der Waals surface area (Å²) in [5, 5.41) is 15.6. The molecule has 2 N–H and O–H groups in total. The van der Waals surface area contributed by atoms with E-state index in [-0.39, 0.29) is 11.5 Å². The van der Waals surface area contributed by atoms with Gasteiger partial charge in [0.2, 0.25) is 0 Å². The Morgan fingerprint density at radius 2 is 1.91 bits per heavy atom. The lowest BCUT2D eigenvalue weighted by molar-refractivity contribution is -0.322. The molecule has 1 aromatic rings. The van der Waals surface area contributed by atoms with Crippen molar-refractivity contribution in [3.63, 3.8) is 0 Å². The number of rotatable bonds is 5. The first kappa shape index (κ1) is 24.7. The minimum atomic E-state index is -1.26. The van der Waals surface area contributed by atoms with Gasteiger partial charge in [-0.15, -0.1) is 0 Å². The Bertz CT molecular complexity index is 938. The van der Waals surface area contributed by atoms with Crippen LogP contribution in [0.3, 0.4) is 0 Å². The van der Waals surface area contributed by atoms with Gasteiger partial charge in [0.25, 0.3) is 0 Å². The van der Waals surface area contributed by atoms with Crippen LogP contribution < -0.4 is 4.74 Å². The molecule has 0 radical (unpaired) electrons. The highest BCUT2D eigenvalue weighted by molar-refractivity contribution is 5.89. The summed E-state index contributed by atoms with van der Waals surface area (Å²) >= 11 is 0. The van der Waals surface area contributed by atoms with E-state index in [1.165, 1.54) is 36.9 Å². The fourth-order valence-electron chi connectivity index (χ4n) is 5.73. The lowest BCUT2D eigenvalue weighted by Gasteiger charge is -2.60. The van der Waals surface area contributed by atoms with Crippen LogP contribution in [0, 0.1) is 5.92 Å². The Balaban J connectivity index is 0.000000297. The van der Waals surface area contributed by atoms with Gasteiger partial charge in [0.1, 0.15) is 5.75 Å². The third kappa shape index (κ3) is 4.99. The molecule has 3 fully saturated rings. The van der Waals surface area contributed by atoms with Gasteiger partial charge in [-0.25, -0.2) is 9.59 Å². The fourth-order valence-corrected chi connectivity index (χ4v) is 5.73. The summed E-state index contributed by atoms with van der Waals surface area (Å²) in [5.41, 5.74) is 2.83. The summed E-state index contributed by atoms with van der Waals surface area (Å²) in [7, 11) is 1.75. The molecule has 0 unspecified atom stereocenters. The molecule has 4 aliphatic rings. The van der Waals surface area contributed by atoms with Crippen LogP contribution in [-0.4, -0.2) is 71.8 Å². The Kier molecular flexibility index (Phi) is 7.03. The standard InChI is InChI=1S/C22H31NO3.C4H4O4/c1-21(2)25-14-22-9-10-23(13-15-5-4-6-15)19(20(22)26-21)11-16-7-8-17(24-3)12-18(16)22;5-3(6)1-2-4(7)8/h7-8,12,15,19-20H,4-6,9-11,13-14H2,1-3H3;1-2H,(H,5,6)(H,7,8)/b;2-1+/t19-,20+,22-;/m1./s1. The molecule has 186 valence electrons. The Morgan fingerprint density at radius 3 is 2.50 bits per heavy atom. The van der Waals surface area contributed by atoms with E-state index in [2.05, 4.69) is 36.9 Å². The van der Waals surface area contributed by atoms with E-state index >= 15 is 0 Å². The monoisotopic (exact) mass is 473 g/mol. The Labute approximate surface area is 200 Å². The lowest BCUT2D eigenvalue weighted by atomic mass is 9.61. The first-order valence-corrected chi connectivity index (χ1v) is 12.0. The number of likely N-dealkylation sites (tertiary alicyclic amines) is 1. The molecule has 0 amide bonds. The van der Waals surface area contributed by atoms with Crippen molar-refractivity contribution in [2.75, 3.05) is 26.8 Å². The summed E-state index contributed by atoms with van der Waals surface area (Å²) in [5.74, 6) is -1.17. The summed E-state index contributed by atoms with van der Waals surface area (Å²) < 4.78 is 18.4. The van der Waals surface area contributed by atoms with E-state index in [1.54, 1.807) is 7.11 Å². The largest absolute Gasteiger partial charge is 0.497 e. The van der Waals surface area contributed by atoms with Gasteiger partial charge in [0.05, 0.1) is 19.8 Å². The van der Waals surface area contributed by atoms with Crippen molar-refractivity contribution in [1.82, 2.24) is 4.90 Å². The van der Waals surface area contributed by atoms with E-state index in [9.17, 15) is 9.59 Å². The highest BCUT2D eigenvalue weighted by atomic mass is 16.7. The van der Waals surface area contributed by atoms with Crippen molar-refractivity contribution in [2.24, 2.45) is 5.92 Å². The molecule has 1 saturated carbocycles. The first-order chi connectivity index (χ1) is 16.1. The molecule has 2 aliphatic heterocycles. The van der Waals surface area contributed by atoms with Crippen LogP contribution in [0.25, 0.3) is 0 Å². The Morgan fingerprint density at radius 1 is 1.21 bits per heavy atom. The number of benzene rings is 1. The highest BCUT2D eigenvalue weighted by Crippen LogP contribution is 2.51. The van der Waals surface area contributed by atoms with Crippen molar-refractivity contribution < 1.29 is 34.0 Å². The topological polar surface area (TPSA) is 106 Å². The second-order valence-electron chi connectivity index (χ2n) is 10.2. The van der Waals surface area contributed by atoms with Gasteiger partial charge < -0.3 is 24.4 Å². The number of carboxylic acids is 2. The van der Waals surface area contributed by atoms with Gasteiger partial charge in [0.15, 0.2) is 5.79 Å². The molecule has 1 aromatic carbocycles. The van der Waals surface area contributed by atoms with Crippen LogP contribution in [0.15, 0.2) is 30.4 Å². The van der Waals surface area contributed by atoms with Crippen LogP contribution in [-0.2, 0) is 30.9 Å². The predicted octanol–water partition coefficient (Wildman–Crippen LogP) is 3.23. The van der Waals surface area contributed by atoms with E-state index in [4.69, 9.17) is 24.4 Å². The average molecular weight is 474 g/mol. The first-order valence-electron chi connectivity index (χ1n) is 12.0. The van der Waals surface area contributed by atoms with E-state index < -0.39 is 17.7 Å². The molecule has 3 atom stereocenters. The summed E-state index contributed by atoms with van der Waals surface area (Å²) in [6, 6.07) is 7.08. The number of piperidine rings is 1. The van der Waals surface area contributed by atoms with Gasteiger partial charge in [-0.2, -0.15) is 0 Å². The predicted molar refractivity (Wildman–Crippen MR) is 125 cm³/mol. The van der Waals surface area contributed by atoms with Gasteiger partial charge in [0, 0.05) is 30.2 Å². The second kappa shape index (κ2) is 9.68. The molecule has 8 nitrogen and oxygen atoms in total. The second-order valence-corrected chi connectivity index (χ2v) is 10.2. The molecule has 2 bridgehead atoms. The van der Waals surface area contributed by atoms with E-state index in [0.29, 0.717) is 18.2 Å². The van der Waals surface area contributed by atoms with Crippen molar-refractivity contribution >= 4 is 11.9 Å². The molecule has 2 aliphatic carbocycles. The third-order valence-corrected chi connectivity index (χ3v) is 7.66. The van der Waals surface area contributed by atoms with Crippen LogP contribution in [0.1, 0.15) is 50.7 Å². The number of hydrogen-bond donors (Lipinski definition) is 2. The maximum Gasteiger partial charge on any atom is 0.328 e. The van der Waals surface area contributed by atoms with Crippen molar-refractivity contribution in [2.45, 2.75) is 69.3 Å². The van der Waals surface area contributed by atoms with Gasteiger partial charge in [-0.05, 0) is 75.3 Å². The minimum Gasteiger partial charge on any atom is -0.497 e. The molecular formula is C26H35NO7. The van der Waals surface area contributed by atoms with Gasteiger partial charge >= 0.3 is 11.9 Å². The number of carboxylic acid groups (broad SMARTS) is 2.